The van der Waals surface area contributed by atoms with Crippen molar-refractivity contribution in [3.05, 3.63) is 0 Å². The van der Waals surface area contributed by atoms with Crippen LogP contribution in [0.3, 0.4) is 0 Å². The van der Waals surface area contributed by atoms with Gasteiger partial charge in [-0.2, -0.15) is 0 Å². The molecular formula is C5H13ClSi2. The molecule has 0 aliphatic carbocycles. The lowest BCUT2D eigenvalue weighted by molar-refractivity contribution is 1.68. The standard InChI is InChI=1S/C5H13ClSi2/c1-7(2)5-8(3)4-6/h4-5H2,1-3H3. The summed E-state index contributed by atoms with van der Waals surface area (Å²) in [6.07, 6.45) is 0. The smallest absolute Gasteiger partial charge is 0.0596 e. The van der Waals surface area contributed by atoms with Crippen LogP contribution in [-0.4, -0.2) is 23.1 Å². The lowest BCUT2D eigenvalue weighted by atomic mass is 11.8. The minimum absolute atomic E-state index is 0.0150. The van der Waals surface area contributed by atoms with Gasteiger partial charge in [0.25, 0.3) is 0 Å². The summed E-state index contributed by atoms with van der Waals surface area (Å²) >= 11 is 5.66. The molecule has 0 aliphatic rings. The van der Waals surface area contributed by atoms with Crippen molar-refractivity contribution in [1.29, 1.82) is 0 Å². The Morgan fingerprint density at radius 1 is 1.25 bits per heavy atom. The van der Waals surface area contributed by atoms with Crippen LogP contribution in [-0.2, 0) is 0 Å². The van der Waals surface area contributed by atoms with Gasteiger partial charge in [0.05, 0.1) is 8.80 Å². The minimum atomic E-state index is -0.118. The van der Waals surface area contributed by atoms with Crippen molar-refractivity contribution in [2.24, 2.45) is 0 Å². The summed E-state index contributed by atoms with van der Waals surface area (Å²) < 4.78 is 0. The zero-order chi connectivity index (χ0) is 6.57. The first kappa shape index (κ1) is 8.72. The molecule has 0 aliphatic heterocycles. The predicted molar refractivity (Wildman–Crippen MR) is 44.6 cm³/mol. The van der Waals surface area contributed by atoms with E-state index in [0.29, 0.717) is 0 Å². The highest BCUT2D eigenvalue weighted by atomic mass is 35.5. The molecule has 0 saturated carbocycles. The third-order valence-electron chi connectivity index (χ3n) is 0.883. The highest BCUT2D eigenvalue weighted by Gasteiger charge is 2.04. The highest BCUT2D eigenvalue weighted by molar-refractivity contribution is 6.79. The molecule has 0 nitrogen and oxygen atoms in total. The summed E-state index contributed by atoms with van der Waals surface area (Å²) in [5, 5.41) is 0. The van der Waals surface area contributed by atoms with E-state index in [1.165, 1.54) is 5.67 Å². The van der Waals surface area contributed by atoms with Gasteiger partial charge in [0.1, 0.15) is 0 Å². The summed E-state index contributed by atoms with van der Waals surface area (Å²) in [4.78, 5) is 0. The molecule has 0 heterocycles. The topological polar surface area (TPSA) is 0 Å². The summed E-state index contributed by atoms with van der Waals surface area (Å²) in [5.74, 6) is 0. The van der Waals surface area contributed by atoms with Crippen molar-refractivity contribution >= 4 is 29.2 Å². The average molecular weight is 165 g/mol. The van der Waals surface area contributed by atoms with Gasteiger partial charge in [-0.25, -0.2) is 0 Å². The van der Waals surface area contributed by atoms with Crippen LogP contribution >= 0.6 is 11.6 Å². The van der Waals surface area contributed by atoms with Gasteiger partial charge in [-0.1, -0.05) is 25.3 Å². The average Bonchev–Trinajstić information content (AvgIpc) is 1.65. The zero-order valence-corrected chi connectivity index (χ0v) is 8.55. The molecule has 48 valence electrons. The van der Waals surface area contributed by atoms with Crippen LogP contribution in [0.15, 0.2) is 0 Å². The van der Waals surface area contributed by atoms with E-state index in [2.05, 4.69) is 19.6 Å². The third kappa shape index (κ3) is 4.87. The Hall–Kier alpha value is 0.724. The van der Waals surface area contributed by atoms with E-state index >= 15 is 0 Å². The molecule has 0 amide bonds. The van der Waals surface area contributed by atoms with E-state index in [0.717, 1.165) is 5.50 Å². The monoisotopic (exact) mass is 164 g/mol. The van der Waals surface area contributed by atoms with Crippen molar-refractivity contribution in [2.45, 2.75) is 25.3 Å². The van der Waals surface area contributed by atoms with Crippen LogP contribution in [0.4, 0.5) is 0 Å². The maximum Gasteiger partial charge on any atom is 0.0596 e. The predicted octanol–water partition coefficient (Wildman–Crippen LogP) is 2.18. The first-order valence-corrected chi connectivity index (χ1v) is 8.48. The van der Waals surface area contributed by atoms with Crippen LogP contribution < -0.4 is 0 Å². The summed E-state index contributed by atoms with van der Waals surface area (Å²) in [7, 11) is -0.103. The Bertz CT molecular complexity index is 56.4. The van der Waals surface area contributed by atoms with Gasteiger partial charge >= 0.3 is 0 Å². The zero-order valence-electron chi connectivity index (χ0n) is 5.79. The second-order valence-electron chi connectivity index (χ2n) is 2.47. The Balaban J connectivity index is 3.10. The fourth-order valence-electron chi connectivity index (χ4n) is 0.651. The summed E-state index contributed by atoms with van der Waals surface area (Å²) in [5.41, 5.74) is 2.39. The van der Waals surface area contributed by atoms with Gasteiger partial charge in [0.2, 0.25) is 0 Å². The molecule has 0 aromatic heterocycles. The second-order valence-corrected chi connectivity index (χ2v) is 9.29. The molecule has 2 radical (unpaired) electrons. The van der Waals surface area contributed by atoms with E-state index in [1.54, 1.807) is 0 Å². The number of halogens is 1. The van der Waals surface area contributed by atoms with Crippen molar-refractivity contribution in [3.63, 3.8) is 0 Å². The van der Waals surface area contributed by atoms with Crippen LogP contribution in [0.1, 0.15) is 0 Å². The molecule has 0 atom stereocenters. The van der Waals surface area contributed by atoms with E-state index in [1.807, 2.05) is 0 Å². The molecule has 0 bridgehead atoms. The molecule has 0 N–H and O–H groups in total. The molecule has 0 saturated heterocycles. The molecule has 0 unspecified atom stereocenters. The quantitative estimate of drug-likeness (QED) is 0.443. The second kappa shape index (κ2) is 4.59. The van der Waals surface area contributed by atoms with Crippen LogP contribution in [0, 0.1) is 0 Å². The van der Waals surface area contributed by atoms with Crippen molar-refractivity contribution in [1.82, 2.24) is 0 Å². The fraction of sp³-hybridized carbons (Fsp3) is 1.00. The first-order chi connectivity index (χ1) is 3.66. The molecule has 0 aromatic carbocycles. The number of rotatable bonds is 3. The molecule has 0 spiro atoms. The lowest BCUT2D eigenvalue weighted by Crippen LogP contribution is -2.17. The molecule has 0 rings (SSSR count). The third-order valence-corrected chi connectivity index (χ3v) is 7.95. The van der Waals surface area contributed by atoms with Gasteiger partial charge in [-0.15, -0.1) is 11.6 Å². The van der Waals surface area contributed by atoms with E-state index < -0.39 is 0 Å². The Labute approximate surface area is 60.5 Å². The van der Waals surface area contributed by atoms with Gasteiger partial charge in [-0.3, -0.25) is 0 Å². The first-order valence-electron chi connectivity index (χ1n) is 2.83. The Morgan fingerprint density at radius 2 is 1.75 bits per heavy atom. The van der Waals surface area contributed by atoms with Gasteiger partial charge in [-0.05, 0) is 0 Å². The fourth-order valence-corrected chi connectivity index (χ4v) is 6.71. The van der Waals surface area contributed by atoms with E-state index in [-0.39, 0.29) is 17.6 Å². The molecule has 0 aromatic rings. The highest BCUT2D eigenvalue weighted by Crippen LogP contribution is 1.98. The Morgan fingerprint density at radius 3 is 1.88 bits per heavy atom. The van der Waals surface area contributed by atoms with Crippen LogP contribution in [0.5, 0.6) is 0 Å². The Kier molecular flexibility index (Phi) is 5.00. The minimum Gasteiger partial charge on any atom is -0.130 e. The molecular weight excluding hydrogens is 152 g/mol. The SMILES string of the molecule is C[Si](C)C[Si](C)CCl. The summed E-state index contributed by atoms with van der Waals surface area (Å²) in [6.45, 7) is 7.02. The number of hydrogen-bond acceptors (Lipinski definition) is 0. The van der Waals surface area contributed by atoms with Gasteiger partial charge in [0, 0.05) is 14.3 Å². The normalized spacial score (nSPS) is 11.2. The molecule has 8 heavy (non-hydrogen) atoms. The lowest BCUT2D eigenvalue weighted by Gasteiger charge is -2.05. The van der Waals surface area contributed by atoms with Crippen molar-refractivity contribution < 1.29 is 0 Å². The van der Waals surface area contributed by atoms with Gasteiger partial charge < -0.3 is 0 Å². The number of alkyl halides is 1. The van der Waals surface area contributed by atoms with Crippen LogP contribution in [0.25, 0.3) is 0 Å². The number of hydrogen-bond donors (Lipinski definition) is 0. The van der Waals surface area contributed by atoms with Gasteiger partial charge in [0.15, 0.2) is 0 Å². The van der Waals surface area contributed by atoms with Crippen LogP contribution in [0.2, 0.25) is 25.3 Å². The molecule has 3 heteroatoms. The largest absolute Gasteiger partial charge is 0.130 e. The van der Waals surface area contributed by atoms with E-state index in [4.69, 9.17) is 11.6 Å². The molecule has 0 fully saturated rings. The summed E-state index contributed by atoms with van der Waals surface area (Å²) in [6, 6.07) is 0. The maximum atomic E-state index is 5.66. The van der Waals surface area contributed by atoms with E-state index in [9.17, 15) is 0 Å². The van der Waals surface area contributed by atoms with Crippen molar-refractivity contribution in [2.75, 3.05) is 5.50 Å². The maximum absolute atomic E-state index is 5.66. The van der Waals surface area contributed by atoms with Crippen molar-refractivity contribution in [3.8, 4) is 0 Å².